The molecule has 1 aliphatic rings. The molecule has 0 saturated heterocycles. The Morgan fingerprint density at radius 2 is 2.43 bits per heavy atom. The molecule has 0 heteroatoms. The van der Waals surface area contributed by atoms with E-state index in [1.165, 1.54) is 12.8 Å². The van der Waals surface area contributed by atoms with Crippen molar-refractivity contribution in [3.8, 4) is 0 Å². The second-order valence-electron chi connectivity index (χ2n) is 2.07. The van der Waals surface area contributed by atoms with E-state index >= 15 is 0 Å². The van der Waals surface area contributed by atoms with E-state index in [4.69, 9.17) is 0 Å². The molecule has 39 valence electrons. The lowest BCUT2D eigenvalue weighted by atomic mass is 9.91. The van der Waals surface area contributed by atoms with Crippen LogP contribution < -0.4 is 0 Å². The Morgan fingerprint density at radius 1 is 1.71 bits per heavy atom. The Morgan fingerprint density at radius 3 is 2.57 bits per heavy atom. The SMILES string of the molecule is [CH2]CCC1C=CC1. The molecule has 0 amide bonds. The third kappa shape index (κ3) is 1.05. The standard InChI is InChI=1S/C7H11/c1-2-4-7-5-3-6-7/h3,5,7H,1-2,4,6H2. The van der Waals surface area contributed by atoms with Crippen LogP contribution in [0.15, 0.2) is 12.2 Å². The van der Waals surface area contributed by atoms with E-state index in [1.807, 2.05) is 0 Å². The fourth-order valence-corrected chi connectivity index (χ4v) is 0.805. The van der Waals surface area contributed by atoms with Gasteiger partial charge in [-0.1, -0.05) is 25.5 Å². The van der Waals surface area contributed by atoms with Crippen molar-refractivity contribution in [3.05, 3.63) is 19.1 Å². The monoisotopic (exact) mass is 95.1 g/mol. The van der Waals surface area contributed by atoms with Gasteiger partial charge in [0.1, 0.15) is 0 Å². The van der Waals surface area contributed by atoms with Gasteiger partial charge in [-0.15, -0.1) is 0 Å². The molecule has 0 bridgehead atoms. The van der Waals surface area contributed by atoms with Gasteiger partial charge in [-0.25, -0.2) is 0 Å². The summed E-state index contributed by atoms with van der Waals surface area (Å²) in [5.74, 6) is 0.887. The van der Waals surface area contributed by atoms with Crippen LogP contribution in [0.2, 0.25) is 0 Å². The average molecular weight is 95.2 g/mol. The fraction of sp³-hybridized carbons (Fsp3) is 0.571. The van der Waals surface area contributed by atoms with Gasteiger partial charge in [0.25, 0.3) is 0 Å². The van der Waals surface area contributed by atoms with Crippen molar-refractivity contribution in [1.29, 1.82) is 0 Å². The highest BCUT2D eigenvalue weighted by atomic mass is 14.1. The molecular formula is C7H11. The summed E-state index contributed by atoms with van der Waals surface area (Å²) in [5, 5.41) is 0. The summed E-state index contributed by atoms with van der Waals surface area (Å²) >= 11 is 0. The van der Waals surface area contributed by atoms with Crippen LogP contribution in [-0.2, 0) is 0 Å². The minimum absolute atomic E-state index is 0.887. The Kier molecular flexibility index (Phi) is 1.50. The molecule has 7 heavy (non-hydrogen) atoms. The Bertz CT molecular complexity index is 72.1. The highest BCUT2D eigenvalue weighted by Crippen LogP contribution is 2.20. The van der Waals surface area contributed by atoms with E-state index in [0.29, 0.717) is 0 Å². The van der Waals surface area contributed by atoms with Crippen LogP contribution in [-0.4, -0.2) is 0 Å². The van der Waals surface area contributed by atoms with Crippen molar-refractivity contribution in [2.45, 2.75) is 19.3 Å². The lowest BCUT2D eigenvalue weighted by Gasteiger charge is -2.15. The Labute approximate surface area is 45.2 Å². The summed E-state index contributed by atoms with van der Waals surface area (Å²) < 4.78 is 0. The van der Waals surface area contributed by atoms with E-state index < -0.39 is 0 Å². The van der Waals surface area contributed by atoms with Crippen molar-refractivity contribution in [2.24, 2.45) is 5.92 Å². The lowest BCUT2D eigenvalue weighted by Crippen LogP contribution is -2.00. The van der Waals surface area contributed by atoms with Gasteiger partial charge in [-0.05, 0) is 18.8 Å². The van der Waals surface area contributed by atoms with Crippen molar-refractivity contribution in [3.63, 3.8) is 0 Å². The topological polar surface area (TPSA) is 0 Å². The van der Waals surface area contributed by atoms with Gasteiger partial charge in [0.2, 0.25) is 0 Å². The summed E-state index contributed by atoms with van der Waals surface area (Å²) in [6.07, 6.45) is 8.17. The van der Waals surface area contributed by atoms with Crippen LogP contribution >= 0.6 is 0 Å². The molecule has 1 radical (unpaired) electrons. The minimum atomic E-state index is 0.887. The molecule has 0 spiro atoms. The van der Waals surface area contributed by atoms with E-state index in [0.717, 1.165) is 12.3 Å². The maximum absolute atomic E-state index is 3.77. The highest BCUT2D eigenvalue weighted by Gasteiger charge is 2.06. The van der Waals surface area contributed by atoms with Crippen molar-refractivity contribution in [1.82, 2.24) is 0 Å². The predicted molar refractivity (Wildman–Crippen MR) is 31.8 cm³/mol. The molecule has 1 aliphatic carbocycles. The first-order chi connectivity index (χ1) is 3.43. The van der Waals surface area contributed by atoms with Crippen LogP contribution in [0.1, 0.15) is 19.3 Å². The van der Waals surface area contributed by atoms with E-state index in [9.17, 15) is 0 Å². The molecule has 0 saturated carbocycles. The van der Waals surface area contributed by atoms with Gasteiger partial charge in [0, 0.05) is 0 Å². The third-order valence-electron chi connectivity index (χ3n) is 1.42. The van der Waals surface area contributed by atoms with Gasteiger partial charge in [-0.3, -0.25) is 0 Å². The second kappa shape index (κ2) is 2.15. The first kappa shape index (κ1) is 4.89. The molecule has 0 aliphatic heterocycles. The molecule has 0 N–H and O–H groups in total. The van der Waals surface area contributed by atoms with E-state index in [-0.39, 0.29) is 0 Å². The summed E-state index contributed by atoms with van der Waals surface area (Å²) in [5.41, 5.74) is 0. The number of allylic oxidation sites excluding steroid dienone is 2. The predicted octanol–water partition coefficient (Wildman–Crippen LogP) is 2.18. The lowest BCUT2D eigenvalue weighted by molar-refractivity contribution is 0.562. The summed E-state index contributed by atoms with van der Waals surface area (Å²) in [4.78, 5) is 0. The van der Waals surface area contributed by atoms with E-state index in [1.54, 1.807) is 0 Å². The number of hydrogen-bond acceptors (Lipinski definition) is 0. The number of rotatable bonds is 2. The zero-order valence-corrected chi connectivity index (χ0v) is 4.56. The largest absolute Gasteiger partial charge is 0.0877 e. The molecule has 0 heterocycles. The third-order valence-corrected chi connectivity index (χ3v) is 1.42. The molecule has 0 aromatic rings. The summed E-state index contributed by atoms with van der Waals surface area (Å²) in [6.45, 7) is 3.77. The molecule has 1 unspecified atom stereocenters. The fourth-order valence-electron chi connectivity index (χ4n) is 0.805. The Balaban J connectivity index is 2.06. The average Bonchev–Trinajstić information content (AvgIpc) is 1.55. The molecular weight excluding hydrogens is 84.1 g/mol. The Hall–Kier alpha value is -0.260. The summed E-state index contributed by atoms with van der Waals surface area (Å²) in [6, 6.07) is 0. The zero-order valence-electron chi connectivity index (χ0n) is 4.56. The van der Waals surface area contributed by atoms with Crippen molar-refractivity contribution >= 4 is 0 Å². The second-order valence-corrected chi connectivity index (χ2v) is 2.07. The first-order valence-electron chi connectivity index (χ1n) is 2.89. The maximum atomic E-state index is 3.77. The minimum Gasteiger partial charge on any atom is -0.0877 e. The summed E-state index contributed by atoms with van der Waals surface area (Å²) in [7, 11) is 0. The first-order valence-corrected chi connectivity index (χ1v) is 2.89. The highest BCUT2D eigenvalue weighted by molar-refractivity contribution is 5.01. The molecule has 0 nitrogen and oxygen atoms in total. The van der Waals surface area contributed by atoms with Crippen LogP contribution in [0.3, 0.4) is 0 Å². The smallest absolute Gasteiger partial charge is 0.0199 e. The van der Waals surface area contributed by atoms with Gasteiger partial charge in [0.15, 0.2) is 0 Å². The van der Waals surface area contributed by atoms with Crippen LogP contribution in [0.5, 0.6) is 0 Å². The normalized spacial score (nSPS) is 27.3. The number of hydrogen-bond donors (Lipinski definition) is 0. The van der Waals surface area contributed by atoms with Crippen LogP contribution in [0, 0.1) is 12.8 Å². The van der Waals surface area contributed by atoms with Gasteiger partial charge in [0.05, 0.1) is 0 Å². The van der Waals surface area contributed by atoms with Crippen molar-refractivity contribution in [2.75, 3.05) is 0 Å². The van der Waals surface area contributed by atoms with Crippen LogP contribution in [0.25, 0.3) is 0 Å². The maximum Gasteiger partial charge on any atom is -0.0199 e. The molecule has 0 aromatic carbocycles. The molecule has 0 aromatic heterocycles. The molecule has 0 fully saturated rings. The van der Waals surface area contributed by atoms with Gasteiger partial charge >= 0.3 is 0 Å². The van der Waals surface area contributed by atoms with Crippen LogP contribution in [0.4, 0.5) is 0 Å². The molecule has 1 rings (SSSR count). The molecule has 1 atom stereocenters. The van der Waals surface area contributed by atoms with Gasteiger partial charge < -0.3 is 0 Å². The van der Waals surface area contributed by atoms with Crippen molar-refractivity contribution < 1.29 is 0 Å². The quantitative estimate of drug-likeness (QED) is 0.461. The van der Waals surface area contributed by atoms with Gasteiger partial charge in [-0.2, -0.15) is 0 Å². The van der Waals surface area contributed by atoms with E-state index in [2.05, 4.69) is 19.1 Å². The zero-order chi connectivity index (χ0) is 5.11.